The molecule has 6 nitrogen and oxygen atoms in total. The van der Waals surface area contributed by atoms with E-state index in [9.17, 15) is 14.3 Å². The van der Waals surface area contributed by atoms with Crippen molar-refractivity contribution < 1.29 is 14.3 Å². The van der Waals surface area contributed by atoms with Gasteiger partial charge in [-0.2, -0.15) is 0 Å². The Labute approximate surface area is 131 Å². The van der Waals surface area contributed by atoms with Gasteiger partial charge in [-0.1, -0.05) is 29.8 Å². The summed E-state index contributed by atoms with van der Waals surface area (Å²) in [5.41, 5.74) is -0.602. The molecule has 1 aliphatic rings. The minimum atomic E-state index is -0.815. The van der Waals surface area contributed by atoms with Gasteiger partial charge in [-0.05, 0) is 18.6 Å². The van der Waals surface area contributed by atoms with Gasteiger partial charge in [0.1, 0.15) is 5.69 Å². The number of rotatable bonds is 3. The number of nitrogens with zero attached hydrogens (tertiary/aromatic N) is 4. The van der Waals surface area contributed by atoms with Gasteiger partial charge >= 0.3 is 0 Å². The number of likely N-dealkylation sites (tertiary alicyclic amines) is 1. The number of β-amino-alcohol motifs (C(OH)–C–C–N with tert-alkyl or cyclic N) is 1. The Morgan fingerprint density at radius 3 is 2.91 bits per heavy atom. The van der Waals surface area contributed by atoms with E-state index in [0.717, 1.165) is 0 Å². The molecule has 2 heterocycles. The summed E-state index contributed by atoms with van der Waals surface area (Å²) in [6, 6.07) is 4.50. The van der Waals surface area contributed by atoms with Crippen LogP contribution < -0.4 is 0 Å². The summed E-state index contributed by atoms with van der Waals surface area (Å²) in [5.74, 6) is -0.968. The van der Waals surface area contributed by atoms with Crippen LogP contribution >= 0.6 is 11.6 Å². The summed E-state index contributed by atoms with van der Waals surface area (Å²) in [7, 11) is 0. The van der Waals surface area contributed by atoms with E-state index in [1.807, 2.05) is 6.92 Å². The highest BCUT2D eigenvalue weighted by molar-refractivity contribution is 6.30. The molecule has 1 fully saturated rings. The van der Waals surface area contributed by atoms with Crippen LogP contribution in [0.3, 0.4) is 0 Å². The first-order chi connectivity index (χ1) is 10.4. The van der Waals surface area contributed by atoms with Crippen molar-refractivity contribution in [2.24, 2.45) is 0 Å². The molecule has 0 saturated carbocycles. The molecule has 0 spiro atoms. The topological polar surface area (TPSA) is 71.2 Å². The number of benzene rings is 1. The van der Waals surface area contributed by atoms with E-state index in [4.69, 9.17) is 11.6 Å². The summed E-state index contributed by atoms with van der Waals surface area (Å²) in [6.45, 7) is 2.39. The Kier molecular flexibility index (Phi) is 3.62. The first-order valence-corrected chi connectivity index (χ1v) is 7.20. The molecule has 8 heteroatoms. The second-order valence-electron chi connectivity index (χ2n) is 5.36. The molecule has 0 unspecified atom stereocenters. The number of hydrogen-bond donors (Lipinski definition) is 1. The maximum atomic E-state index is 13.9. The zero-order valence-electron chi connectivity index (χ0n) is 11.8. The van der Waals surface area contributed by atoms with Crippen molar-refractivity contribution in [3.8, 4) is 5.69 Å². The van der Waals surface area contributed by atoms with Crippen LogP contribution in [0.1, 0.15) is 23.8 Å². The lowest BCUT2D eigenvalue weighted by Gasteiger charge is -2.45. The van der Waals surface area contributed by atoms with Crippen molar-refractivity contribution in [1.82, 2.24) is 19.9 Å². The lowest BCUT2D eigenvalue weighted by molar-refractivity contribution is -0.0828. The summed E-state index contributed by atoms with van der Waals surface area (Å²) in [4.78, 5) is 13.7. The van der Waals surface area contributed by atoms with Crippen molar-refractivity contribution in [3.63, 3.8) is 0 Å². The summed E-state index contributed by atoms with van der Waals surface area (Å²) in [6.07, 6.45) is 1.93. The third-order valence-corrected chi connectivity index (χ3v) is 4.10. The number of amides is 1. The van der Waals surface area contributed by atoms with Crippen LogP contribution in [0.5, 0.6) is 0 Å². The molecule has 1 amide bonds. The van der Waals surface area contributed by atoms with Crippen LogP contribution in [0.15, 0.2) is 24.4 Å². The molecule has 2 aromatic rings. The molecule has 116 valence electrons. The zero-order chi connectivity index (χ0) is 15.9. The first-order valence-electron chi connectivity index (χ1n) is 6.82. The second kappa shape index (κ2) is 5.33. The maximum absolute atomic E-state index is 13.9. The average molecular weight is 325 g/mol. The molecule has 1 aromatic heterocycles. The van der Waals surface area contributed by atoms with Crippen LogP contribution in [0.4, 0.5) is 4.39 Å². The minimum Gasteiger partial charge on any atom is -0.386 e. The Morgan fingerprint density at radius 2 is 2.23 bits per heavy atom. The van der Waals surface area contributed by atoms with Crippen molar-refractivity contribution >= 4 is 17.5 Å². The molecule has 3 rings (SSSR count). The van der Waals surface area contributed by atoms with E-state index in [1.165, 1.54) is 27.9 Å². The van der Waals surface area contributed by atoms with Crippen LogP contribution in [-0.4, -0.2) is 49.6 Å². The number of halogens is 2. The Balaban J connectivity index is 1.80. The Morgan fingerprint density at radius 1 is 1.50 bits per heavy atom. The predicted molar refractivity (Wildman–Crippen MR) is 77.5 cm³/mol. The number of hydrogen-bond acceptors (Lipinski definition) is 4. The molecule has 1 aliphatic heterocycles. The van der Waals surface area contributed by atoms with Crippen molar-refractivity contribution in [3.05, 3.63) is 40.9 Å². The normalized spacial score (nSPS) is 16.5. The minimum absolute atomic E-state index is 0.0309. The molecule has 1 N–H and O–H groups in total. The first kappa shape index (κ1) is 14.9. The fourth-order valence-electron chi connectivity index (χ4n) is 2.34. The van der Waals surface area contributed by atoms with Gasteiger partial charge in [0, 0.05) is 0 Å². The third kappa shape index (κ3) is 2.46. The molecule has 1 saturated heterocycles. The van der Waals surface area contributed by atoms with Crippen molar-refractivity contribution in [2.45, 2.75) is 18.9 Å². The second-order valence-corrected chi connectivity index (χ2v) is 5.77. The lowest BCUT2D eigenvalue weighted by atomic mass is 9.91. The van der Waals surface area contributed by atoms with E-state index >= 15 is 0 Å². The van der Waals surface area contributed by atoms with Gasteiger partial charge in [-0.3, -0.25) is 4.79 Å². The van der Waals surface area contributed by atoms with Crippen molar-refractivity contribution in [2.75, 3.05) is 13.1 Å². The number of aliphatic hydroxyl groups is 1. The highest BCUT2D eigenvalue weighted by Gasteiger charge is 2.42. The largest absolute Gasteiger partial charge is 0.386 e. The third-order valence-electron chi connectivity index (χ3n) is 3.81. The van der Waals surface area contributed by atoms with E-state index < -0.39 is 11.4 Å². The van der Waals surface area contributed by atoms with Gasteiger partial charge < -0.3 is 10.0 Å². The smallest absolute Gasteiger partial charge is 0.276 e. The lowest BCUT2D eigenvalue weighted by Crippen LogP contribution is -2.63. The Hall–Kier alpha value is -1.99. The molecule has 0 atom stereocenters. The van der Waals surface area contributed by atoms with Crippen LogP contribution in [0.25, 0.3) is 5.69 Å². The number of aromatic nitrogens is 3. The average Bonchev–Trinajstić information content (AvgIpc) is 2.95. The van der Waals surface area contributed by atoms with Gasteiger partial charge in [0.25, 0.3) is 5.91 Å². The van der Waals surface area contributed by atoms with E-state index in [2.05, 4.69) is 10.3 Å². The zero-order valence-corrected chi connectivity index (χ0v) is 12.6. The fraction of sp³-hybridized carbons (Fsp3) is 0.357. The molecular weight excluding hydrogens is 311 g/mol. The SMILES string of the molecule is CCC1(O)CN(C(=O)c2cn(-c3cccc(Cl)c3F)nn2)C1. The van der Waals surface area contributed by atoms with E-state index in [0.29, 0.717) is 6.42 Å². The van der Waals surface area contributed by atoms with Gasteiger partial charge in [-0.25, -0.2) is 9.07 Å². The van der Waals surface area contributed by atoms with Crippen LogP contribution in [0, 0.1) is 5.82 Å². The predicted octanol–water partition coefficient (Wildman–Crippen LogP) is 1.66. The van der Waals surface area contributed by atoms with Crippen LogP contribution in [0.2, 0.25) is 5.02 Å². The summed E-state index contributed by atoms with van der Waals surface area (Å²) < 4.78 is 15.1. The summed E-state index contributed by atoms with van der Waals surface area (Å²) >= 11 is 5.72. The monoisotopic (exact) mass is 324 g/mol. The van der Waals surface area contributed by atoms with E-state index in [-0.39, 0.29) is 35.4 Å². The van der Waals surface area contributed by atoms with Gasteiger partial charge in [0.15, 0.2) is 11.5 Å². The molecule has 0 aliphatic carbocycles. The quantitative estimate of drug-likeness (QED) is 0.932. The molecule has 22 heavy (non-hydrogen) atoms. The number of carbonyl (C=O) groups excluding carboxylic acids is 1. The standard InChI is InChI=1S/C14H14ClFN4O2/c1-2-14(22)7-19(8-14)13(21)10-6-20(18-17-10)11-5-3-4-9(15)12(11)16/h3-6,22H,2,7-8H2,1H3. The molecule has 0 bridgehead atoms. The number of carbonyl (C=O) groups is 1. The highest BCUT2D eigenvalue weighted by Crippen LogP contribution is 2.26. The molecular formula is C14H14ClFN4O2. The van der Waals surface area contributed by atoms with Gasteiger partial charge in [-0.15, -0.1) is 5.10 Å². The molecule has 1 aromatic carbocycles. The van der Waals surface area contributed by atoms with Crippen molar-refractivity contribution in [1.29, 1.82) is 0 Å². The fourth-order valence-corrected chi connectivity index (χ4v) is 2.51. The van der Waals surface area contributed by atoms with E-state index in [1.54, 1.807) is 6.07 Å². The highest BCUT2D eigenvalue weighted by atomic mass is 35.5. The van der Waals surface area contributed by atoms with Gasteiger partial charge in [0.2, 0.25) is 0 Å². The summed E-state index contributed by atoms with van der Waals surface area (Å²) in [5, 5.41) is 17.4. The van der Waals surface area contributed by atoms with Crippen LogP contribution in [-0.2, 0) is 0 Å². The maximum Gasteiger partial charge on any atom is 0.276 e. The Bertz CT molecular complexity index is 727. The molecule has 0 radical (unpaired) electrons. The van der Waals surface area contributed by atoms with Gasteiger partial charge in [0.05, 0.1) is 29.9 Å².